The molecule has 1 saturated heterocycles. The van der Waals surface area contributed by atoms with Gasteiger partial charge >= 0.3 is 17.9 Å². The molecule has 0 N–H and O–H groups in total. The minimum absolute atomic E-state index is 0.178. The number of fused-ring (bicyclic) bond motifs is 1. The van der Waals surface area contributed by atoms with Gasteiger partial charge in [-0.1, -0.05) is 12.2 Å². The van der Waals surface area contributed by atoms with Crippen molar-refractivity contribution in [3.63, 3.8) is 0 Å². The van der Waals surface area contributed by atoms with Crippen molar-refractivity contribution in [1.82, 2.24) is 0 Å². The van der Waals surface area contributed by atoms with Gasteiger partial charge in [0, 0.05) is 5.92 Å². The Labute approximate surface area is 104 Å². The van der Waals surface area contributed by atoms with E-state index >= 15 is 0 Å². The zero-order chi connectivity index (χ0) is 13.3. The zero-order valence-electron chi connectivity index (χ0n) is 10.1. The Hall–Kier alpha value is -1.85. The van der Waals surface area contributed by atoms with Crippen LogP contribution in [0.3, 0.4) is 0 Å². The fourth-order valence-corrected chi connectivity index (χ4v) is 2.54. The van der Waals surface area contributed by atoms with E-state index in [9.17, 15) is 14.4 Å². The quantitative estimate of drug-likeness (QED) is 0.390. The van der Waals surface area contributed by atoms with Gasteiger partial charge in [-0.2, -0.15) is 0 Å². The maximum Gasteiger partial charge on any atom is 0.313 e. The lowest BCUT2D eigenvalue weighted by Gasteiger charge is -2.29. The van der Waals surface area contributed by atoms with Gasteiger partial charge in [-0.25, -0.2) is 0 Å². The number of carbonyl (C=O) groups excluding carboxylic acids is 3. The monoisotopic (exact) mass is 254 g/mol. The second kappa shape index (κ2) is 4.80. The van der Waals surface area contributed by atoms with Crippen molar-refractivity contribution in [2.45, 2.75) is 0 Å². The minimum Gasteiger partial charge on any atom is -0.469 e. The average molecular weight is 254 g/mol. The summed E-state index contributed by atoms with van der Waals surface area (Å²) in [6.07, 6.45) is 3.33. The highest BCUT2D eigenvalue weighted by atomic mass is 16.5. The van der Waals surface area contributed by atoms with Gasteiger partial charge in [0.1, 0.15) is 0 Å². The molecule has 0 spiro atoms. The maximum absolute atomic E-state index is 11.8. The van der Waals surface area contributed by atoms with Crippen LogP contribution in [0.15, 0.2) is 12.2 Å². The van der Waals surface area contributed by atoms with Crippen LogP contribution in [0.2, 0.25) is 0 Å². The molecule has 0 radical (unpaired) electrons. The average Bonchev–Trinajstić information content (AvgIpc) is 2.77. The van der Waals surface area contributed by atoms with Gasteiger partial charge < -0.3 is 14.2 Å². The number of hydrogen-bond acceptors (Lipinski definition) is 6. The third-order valence-corrected chi connectivity index (χ3v) is 3.44. The molecule has 0 unspecified atom stereocenters. The number of cyclic esters (lactones) is 1. The summed E-state index contributed by atoms with van der Waals surface area (Å²) < 4.78 is 14.3. The van der Waals surface area contributed by atoms with Gasteiger partial charge in [0.25, 0.3) is 0 Å². The van der Waals surface area contributed by atoms with Gasteiger partial charge in [0.05, 0.1) is 38.6 Å². The highest BCUT2D eigenvalue weighted by Gasteiger charge is 2.52. The van der Waals surface area contributed by atoms with Crippen LogP contribution < -0.4 is 0 Å². The van der Waals surface area contributed by atoms with E-state index in [1.165, 1.54) is 14.2 Å². The first-order valence-electron chi connectivity index (χ1n) is 5.60. The van der Waals surface area contributed by atoms with E-state index in [4.69, 9.17) is 4.74 Å². The SMILES string of the molecule is COC(=O)[C@H]1[C@H]2C(=O)OC[C@H]2C=C[C@H]1C(=O)OC. The largest absolute Gasteiger partial charge is 0.469 e. The van der Waals surface area contributed by atoms with Crippen LogP contribution in [-0.4, -0.2) is 38.7 Å². The number of carbonyl (C=O) groups is 3. The van der Waals surface area contributed by atoms with Gasteiger partial charge in [0.15, 0.2) is 0 Å². The second-order valence-electron chi connectivity index (χ2n) is 4.30. The summed E-state index contributed by atoms with van der Waals surface area (Å²) in [5, 5.41) is 0. The van der Waals surface area contributed by atoms with Gasteiger partial charge in [-0.15, -0.1) is 0 Å². The van der Waals surface area contributed by atoms with E-state index in [2.05, 4.69) is 9.47 Å². The van der Waals surface area contributed by atoms with Crippen LogP contribution in [0.1, 0.15) is 0 Å². The molecule has 18 heavy (non-hydrogen) atoms. The van der Waals surface area contributed by atoms with E-state index in [0.29, 0.717) is 0 Å². The van der Waals surface area contributed by atoms with Crippen molar-refractivity contribution >= 4 is 17.9 Å². The maximum atomic E-state index is 11.8. The van der Waals surface area contributed by atoms with Crippen LogP contribution in [0.5, 0.6) is 0 Å². The third-order valence-electron chi connectivity index (χ3n) is 3.44. The number of rotatable bonds is 2. The van der Waals surface area contributed by atoms with E-state index < -0.39 is 35.7 Å². The molecule has 4 atom stereocenters. The molecule has 0 bridgehead atoms. The molecule has 2 rings (SSSR count). The van der Waals surface area contributed by atoms with Crippen molar-refractivity contribution in [2.24, 2.45) is 23.7 Å². The molecule has 0 aromatic heterocycles. The summed E-state index contributed by atoms with van der Waals surface area (Å²) in [5.74, 6) is -4.12. The van der Waals surface area contributed by atoms with Gasteiger partial charge in [-0.3, -0.25) is 14.4 Å². The van der Waals surface area contributed by atoms with E-state index in [0.717, 1.165) is 0 Å². The number of methoxy groups -OCH3 is 2. The van der Waals surface area contributed by atoms with Crippen molar-refractivity contribution in [3.05, 3.63) is 12.2 Å². The van der Waals surface area contributed by atoms with Crippen LogP contribution in [0.25, 0.3) is 0 Å². The summed E-state index contributed by atoms with van der Waals surface area (Å²) in [6, 6.07) is 0. The minimum atomic E-state index is -0.868. The molecule has 6 nitrogen and oxygen atoms in total. The highest BCUT2D eigenvalue weighted by molar-refractivity contribution is 5.89. The van der Waals surface area contributed by atoms with Crippen molar-refractivity contribution in [3.8, 4) is 0 Å². The molecule has 0 aromatic carbocycles. The lowest BCUT2D eigenvalue weighted by molar-refractivity contribution is -0.162. The summed E-state index contributed by atoms with van der Waals surface area (Å²) in [4.78, 5) is 35.2. The molecule has 98 valence electrons. The molecule has 6 heteroatoms. The standard InChI is InChI=1S/C12H14O6/c1-16-10(13)7-4-3-6-5-18-12(15)8(6)9(7)11(14)17-2/h3-4,6-9H,5H2,1-2H3/t6-,7-,8+,9-/m1/s1. The molecule has 1 aliphatic heterocycles. The molecule has 0 saturated carbocycles. The lowest BCUT2D eigenvalue weighted by Crippen LogP contribution is -2.42. The molecule has 0 amide bonds. The van der Waals surface area contributed by atoms with E-state index in [1.807, 2.05) is 0 Å². The Morgan fingerprint density at radius 3 is 2.50 bits per heavy atom. The number of ether oxygens (including phenoxy) is 3. The smallest absolute Gasteiger partial charge is 0.313 e. The molecule has 2 aliphatic rings. The topological polar surface area (TPSA) is 78.9 Å². The number of hydrogen-bond donors (Lipinski definition) is 0. The first kappa shape index (κ1) is 12.6. The fourth-order valence-electron chi connectivity index (χ4n) is 2.54. The van der Waals surface area contributed by atoms with Crippen LogP contribution >= 0.6 is 0 Å². The van der Waals surface area contributed by atoms with Crippen molar-refractivity contribution < 1.29 is 28.6 Å². The summed E-state index contributed by atoms with van der Waals surface area (Å²) >= 11 is 0. The molecular formula is C12H14O6. The van der Waals surface area contributed by atoms with E-state index in [-0.39, 0.29) is 12.5 Å². The van der Waals surface area contributed by atoms with Crippen LogP contribution in [-0.2, 0) is 28.6 Å². The third kappa shape index (κ3) is 1.87. The summed E-state index contributed by atoms with van der Waals surface area (Å²) in [6.45, 7) is 0.237. The predicted octanol–water partition coefficient (Wildman–Crippen LogP) is -0.0762. The van der Waals surface area contributed by atoms with Gasteiger partial charge in [0.2, 0.25) is 0 Å². The molecular weight excluding hydrogens is 240 g/mol. The van der Waals surface area contributed by atoms with Crippen molar-refractivity contribution in [2.75, 3.05) is 20.8 Å². The predicted molar refractivity (Wildman–Crippen MR) is 58.1 cm³/mol. The Balaban J connectivity index is 2.36. The van der Waals surface area contributed by atoms with Crippen molar-refractivity contribution in [1.29, 1.82) is 0 Å². The van der Waals surface area contributed by atoms with Crippen LogP contribution in [0, 0.1) is 23.7 Å². The Morgan fingerprint density at radius 1 is 1.22 bits per heavy atom. The van der Waals surface area contributed by atoms with Crippen LogP contribution in [0.4, 0.5) is 0 Å². The molecule has 1 heterocycles. The number of esters is 3. The lowest BCUT2D eigenvalue weighted by atomic mass is 9.71. The fraction of sp³-hybridized carbons (Fsp3) is 0.583. The second-order valence-corrected chi connectivity index (χ2v) is 4.30. The first-order chi connectivity index (χ1) is 8.60. The molecule has 1 aliphatic carbocycles. The molecule has 1 fully saturated rings. The Kier molecular flexibility index (Phi) is 3.36. The normalized spacial score (nSPS) is 33.6. The Bertz CT molecular complexity index is 413. The van der Waals surface area contributed by atoms with E-state index in [1.54, 1.807) is 12.2 Å². The highest BCUT2D eigenvalue weighted by Crippen LogP contribution is 2.40. The van der Waals surface area contributed by atoms with Gasteiger partial charge in [-0.05, 0) is 0 Å². The Morgan fingerprint density at radius 2 is 1.89 bits per heavy atom. The zero-order valence-corrected chi connectivity index (χ0v) is 10.1. The summed E-state index contributed by atoms with van der Waals surface area (Å²) in [5.41, 5.74) is 0. The first-order valence-corrected chi connectivity index (χ1v) is 5.60. The molecule has 0 aromatic rings. The summed E-state index contributed by atoms with van der Waals surface area (Å²) in [7, 11) is 2.47.